The molecule has 0 spiro atoms. The Hall–Kier alpha value is -4.18. The predicted molar refractivity (Wildman–Crippen MR) is 150 cm³/mol. The second-order valence-electron chi connectivity index (χ2n) is 11.3. The van der Waals surface area contributed by atoms with Gasteiger partial charge in [-0.05, 0) is 48.4 Å². The molecular weight excluding hydrogens is 511 g/mol. The standard InChI is InChI=1S/C30H35FN6O3/c1-17-10-18(2)15-36(14-17)29(38)22-9-5-8-21(27(22)31)19-6-4-7-20(11-19)37-28(25(13-34-37)30(39)40)24-12-23(24)26(32)16-35(3)33/h4-9,11,13,16-18,23-24H,10,12,14-15,32-33H2,1-3H3,(H,39,40)/b26-16-/t17?,18?,23?,24-/m1/s1. The lowest BCUT2D eigenvalue weighted by Crippen LogP contribution is -2.42. The van der Waals surface area contributed by atoms with Crippen molar-refractivity contribution in [2.45, 2.75) is 32.6 Å². The number of carbonyl (C=O) groups excluding carboxylic acids is 1. The number of carboxylic acid groups (broad SMARTS) is 1. The number of carboxylic acids is 1. The third-order valence-corrected chi connectivity index (χ3v) is 7.75. The van der Waals surface area contributed by atoms with Gasteiger partial charge in [0.25, 0.3) is 5.91 Å². The van der Waals surface area contributed by atoms with E-state index in [0.717, 1.165) is 6.42 Å². The van der Waals surface area contributed by atoms with Crippen molar-refractivity contribution in [1.82, 2.24) is 19.7 Å². The molecule has 1 aromatic heterocycles. The van der Waals surface area contributed by atoms with Crippen LogP contribution in [0.25, 0.3) is 16.8 Å². The zero-order chi connectivity index (χ0) is 28.7. The Labute approximate surface area is 232 Å². The zero-order valence-corrected chi connectivity index (χ0v) is 22.9. The van der Waals surface area contributed by atoms with Crippen molar-refractivity contribution in [3.63, 3.8) is 0 Å². The minimum Gasteiger partial charge on any atom is -0.478 e. The van der Waals surface area contributed by atoms with Gasteiger partial charge in [0.1, 0.15) is 11.4 Å². The Balaban J connectivity index is 1.49. The number of hydrogen-bond acceptors (Lipinski definition) is 6. The van der Waals surface area contributed by atoms with E-state index in [9.17, 15) is 14.7 Å². The first kappa shape index (κ1) is 27.4. The molecule has 0 radical (unpaired) electrons. The van der Waals surface area contributed by atoms with E-state index in [1.807, 2.05) is 0 Å². The SMILES string of the molecule is CC1CC(C)CN(C(=O)c2cccc(-c3cccc(-n4ncc(C(=O)O)c4[C@@H]4CC4/C(N)=C/N(C)N)c3)c2F)C1. The van der Waals surface area contributed by atoms with Crippen LogP contribution in [0.3, 0.4) is 0 Å². The largest absolute Gasteiger partial charge is 0.478 e. The number of hydrogen-bond donors (Lipinski definition) is 3. The van der Waals surface area contributed by atoms with Gasteiger partial charge in [-0.3, -0.25) is 4.79 Å². The number of hydrazine groups is 1. The quantitative estimate of drug-likeness (QED) is 0.299. The molecule has 210 valence electrons. The molecular formula is C30H35FN6O3. The second kappa shape index (κ2) is 10.8. The summed E-state index contributed by atoms with van der Waals surface area (Å²) in [6, 6.07) is 11.9. The third kappa shape index (κ3) is 5.31. The molecule has 1 amide bonds. The smallest absolute Gasteiger partial charge is 0.339 e. The fourth-order valence-electron chi connectivity index (χ4n) is 6.01. The van der Waals surface area contributed by atoms with Crippen LogP contribution < -0.4 is 11.6 Å². The summed E-state index contributed by atoms with van der Waals surface area (Å²) in [6.07, 6.45) is 4.66. The Morgan fingerprint density at radius 1 is 1.10 bits per heavy atom. The summed E-state index contributed by atoms with van der Waals surface area (Å²) in [5.41, 5.74) is 8.87. The minimum absolute atomic E-state index is 0.0464. The molecule has 1 aliphatic carbocycles. The van der Waals surface area contributed by atoms with Gasteiger partial charge in [-0.15, -0.1) is 0 Å². The molecule has 3 unspecified atom stereocenters. The molecule has 2 aromatic carbocycles. The predicted octanol–water partition coefficient (Wildman–Crippen LogP) is 4.20. The normalized spacial score (nSPS) is 22.7. The first-order valence-corrected chi connectivity index (χ1v) is 13.5. The highest BCUT2D eigenvalue weighted by Gasteiger charge is 2.45. The number of carbonyl (C=O) groups is 2. The molecule has 3 aromatic rings. The lowest BCUT2D eigenvalue weighted by molar-refractivity contribution is 0.0617. The average molecular weight is 547 g/mol. The lowest BCUT2D eigenvalue weighted by Gasteiger charge is -2.35. The summed E-state index contributed by atoms with van der Waals surface area (Å²) in [6.45, 7) is 5.44. The van der Waals surface area contributed by atoms with Crippen molar-refractivity contribution in [2.24, 2.45) is 29.3 Å². The van der Waals surface area contributed by atoms with Crippen molar-refractivity contribution in [1.29, 1.82) is 0 Å². The van der Waals surface area contributed by atoms with Crippen LogP contribution in [0.2, 0.25) is 0 Å². The maximum Gasteiger partial charge on any atom is 0.339 e. The van der Waals surface area contributed by atoms with Crippen LogP contribution in [0.15, 0.2) is 60.6 Å². The number of likely N-dealkylation sites (tertiary alicyclic amines) is 1. The number of halogens is 1. The Bertz CT molecular complexity index is 1470. The number of rotatable bonds is 7. The number of amides is 1. The third-order valence-electron chi connectivity index (χ3n) is 7.75. The molecule has 2 aliphatic rings. The van der Waals surface area contributed by atoms with Crippen LogP contribution in [0, 0.1) is 23.6 Å². The summed E-state index contributed by atoms with van der Waals surface area (Å²) >= 11 is 0. The van der Waals surface area contributed by atoms with E-state index in [1.54, 1.807) is 59.2 Å². The molecule has 2 heterocycles. The van der Waals surface area contributed by atoms with Gasteiger partial charge in [0.2, 0.25) is 0 Å². The van der Waals surface area contributed by atoms with Gasteiger partial charge in [0.05, 0.1) is 23.1 Å². The van der Waals surface area contributed by atoms with Crippen LogP contribution in [-0.4, -0.2) is 56.8 Å². The maximum absolute atomic E-state index is 15.9. The molecule has 10 heteroatoms. The molecule has 1 saturated heterocycles. The van der Waals surface area contributed by atoms with Crippen LogP contribution in [0.5, 0.6) is 0 Å². The van der Waals surface area contributed by atoms with E-state index in [4.69, 9.17) is 11.6 Å². The van der Waals surface area contributed by atoms with E-state index in [2.05, 4.69) is 18.9 Å². The van der Waals surface area contributed by atoms with Gasteiger partial charge in [-0.2, -0.15) is 5.10 Å². The molecule has 2 fully saturated rings. The van der Waals surface area contributed by atoms with Crippen molar-refractivity contribution in [2.75, 3.05) is 20.1 Å². The minimum atomic E-state index is -1.08. The first-order valence-electron chi connectivity index (χ1n) is 13.5. The Morgan fingerprint density at radius 3 is 2.48 bits per heavy atom. The summed E-state index contributed by atoms with van der Waals surface area (Å²) in [4.78, 5) is 27.1. The van der Waals surface area contributed by atoms with Gasteiger partial charge in [0.15, 0.2) is 0 Å². The van der Waals surface area contributed by atoms with Crippen molar-refractivity contribution in [3.8, 4) is 16.8 Å². The average Bonchev–Trinajstić information content (AvgIpc) is 3.57. The van der Waals surface area contributed by atoms with Gasteiger partial charge in [-0.25, -0.2) is 19.7 Å². The summed E-state index contributed by atoms with van der Waals surface area (Å²) in [5.74, 6) is 4.25. The van der Waals surface area contributed by atoms with E-state index in [0.29, 0.717) is 59.6 Å². The van der Waals surface area contributed by atoms with Gasteiger partial charge < -0.3 is 20.7 Å². The number of nitrogens with two attached hydrogens (primary N) is 2. The molecule has 5 rings (SSSR count). The van der Waals surface area contributed by atoms with E-state index < -0.39 is 11.8 Å². The van der Waals surface area contributed by atoms with Gasteiger partial charge >= 0.3 is 5.97 Å². The Morgan fingerprint density at radius 2 is 1.80 bits per heavy atom. The number of allylic oxidation sites excluding steroid dienone is 1. The second-order valence-corrected chi connectivity index (χ2v) is 11.3. The number of aromatic carboxylic acids is 1. The highest BCUT2D eigenvalue weighted by atomic mass is 19.1. The van der Waals surface area contributed by atoms with Crippen molar-refractivity contribution < 1.29 is 19.1 Å². The van der Waals surface area contributed by atoms with Gasteiger partial charge in [-0.1, -0.05) is 38.1 Å². The van der Waals surface area contributed by atoms with Crippen LogP contribution in [-0.2, 0) is 0 Å². The number of benzene rings is 2. The fourth-order valence-corrected chi connectivity index (χ4v) is 6.01. The number of aromatic nitrogens is 2. The molecule has 9 nitrogen and oxygen atoms in total. The molecule has 5 N–H and O–H groups in total. The van der Waals surface area contributed by atoms with Gasteiger partial charge in [0, 0.05) is 49.4 Å². The zero-order valence-electron chi connectivity index (χ0n) is 22.9. The highest BCUT2D eigenvalue weighted by molar-refractivity contribution is 5.96. The molecule has 40 heavy (non-hydrogen) atoms. The molecule has 0 bridgehead atoms. The number of piperidine rings is 1. The van der Waals surface area contributed by atoms with Crippen molar-refractivity contribution in [3.05, 3.63) is 83.2 Å². The van der Waals surface area contributed by atoms with E-state index in [-0.39, 0.29) is 28.9 Å². The first-order chi connectivity index (χ1) is 19.0. The topological polar surface area (TPSA) is 131 Å². The van der Waals surface area contributed by atoms with Crippen molar-refractivity contribution >= 4 is 11.9 Å². The van der Waals surface area contributed by atoms with Crippen LogP contribution in [0.4, 0.5) is 4.39 Å². The monoisotopic (exact) mass is 546 g/mol. The van der Waals surface area contributed by atoms with Crippen LogP contribution >= 0.6 is 0 Å². The maximum atomic E-state index is 15.9. The summed E-state index contributed by atoms with van der Waals surface area (Å²) in [7, 11) is 1.66. The highest BCUT2D eigenvalue weighted by Crippen LogP contribution is 2.52. The summed E-state index contributed by atoms with van der Waals surface area (Å²) < 4.78 is 17.5. The molecule has 1 aliphatic heterocycles. The number of nitrogens with zero attached hydrogens (tertiary/aromatic N) is 4. The fraction of sp³-hybridized carbons (Fsp3) is 0.367. The van der Waals surface area contributed by atoms with E-state index in [1.165, 1.54) is 17.3 Å². The van der Waals surface area contributed by atoms with E-state index >= 15 is 4.39 Å². The summed E-state index contributed by atoms with van der Waals surface area (Å²) in [5, 5.41) is 15.6. The molecule has 1 saturated carbocycles. The van der Waals surface area contributed by atoms with Crippen LogP contribution in [0.1, 0.15) is 59.0 Å². The lowest BCUT2D eigenvalue weighted by atomic mass is 9.91. The Kier molecular flexibility index (Phi) is 7.37. The molecule has 4 atom stereocenters.